The molecule has 2 aromatic rings. The summed E-state index contributed by atoms with van der Waals surface area (Å²) in [5, 5.41) is 1.01. The maximum absolute atomic E-state index is 12.4. The lowest BCUT2D eigenvalue weighted by Crippen LogP contribution is -2.21. The molecule has 0 amide bonds. The number of hydrogen-bond donors (Lipinski definition) is 0. The third-order valence-corrected chi connectivity index (χ3v) is 9.88. The van der Waals surface area contributed by atoms with Crippen molar-refractivity contribution >= 4 is 35.5 Å². The summed E-state index contributed by atoms with van der Waals surface area (Å²) < 4.78 is 9.92. The molecule has 0 N–H and O–H groups in total. The van der Waals surface area contributed by atoms with E-state index in [1.54, 1.807) is 0 Å². The summed E-state index contributed by atoms with van der Waals surface area (Å²) in [4.78, 5) is 12.4. The topological polar surface area (TPSA) is 32.8 Å². The molecule has 6 heteroatoms. The number of carbonyl (C=O) groups is 1. The monoisotopic (exact) mass is 414 g/mol. The van der Waals surface area contributed by atoms with Gasteiger partial charge >= 0.3 is 5.97 Å². The van der Waals surface area contributed by atoms with Gasteiger partial charge in [-0.25, -0.2) is 0 Å². The van der Waals surface area contributed by atoms with Crippen LogP contribution >= 0.6 is 6.34 Å². The normalized spacial score (nSPS) is 16.3. The first kappa shape index (κ1) is 20.6. The van der Waals surface area contributed by atoms with Gasteiger partial charge in [-0.3, -0.25) is 4.79 Å². The first-order valence-corrected chi connectivity index (χ1v) is 12.4. The number of benzene rings is 2. The number of para-hydroxylation sites is 2. The van der Waals surface area contributed by atoms with Crippen molar-refractivity contribution in [2.45, 2.75) is 26.7 Å². The Morgan fingerprint density at radius 2 is 1.50 bits per heavy atom. The van der Waals surface area contributed by atoms with Crippen molar-refractivity contribution in [3.05, 3.63) is 72.1 Å². The van der Waals surface area contributed by atoms with E-state index >= 15 is 0 Å². The fourth-order valence-corrected chi connectivity index (χ4v) is 8.28. The standard InChI is InChI=1S/C22H27N2O2PS/c1-3-11-21(18-22(25)26-4-2)27(28)23(19-12-7-5-8-13-19)16-17-24(27)20-14-9-6-10-15-20/h5-15H,3-4,16-18H2,1-2H3/b21-11+. The number of allylic oxidation sites excluding steroid dienone is 1. The van der Waals surface area contributed by atoms with Crippen LogP contribution < -0.4 is 9.34 Å². The summed E-state index contributed by atoms with van der Waals surface area (Å²) in [5.41, 5.74) is 2.21. The second-order valence-corrected chi connectivity index (χ2v) is 10.7. The van der Waals surface area contributed by atoms with Crippen LogP contribution in [-0.4, -0.2) is 25.7 Å². The van der Waals surface area contributed by atoms with Crippen LogP contribution in [0.4, 0.5) is 11.4 Å². The molecule has 1 fully saturated rings. The zero-order valence-electron chi connectivity index (χ0n) is 16.5. The van der Waals surface area contributed by atoms with Crippen LogP contribution in [0.3, 0.4) is 0 Å². The molecule has 0 atom stereocenters. The maximum atomic E-state index is 12.4. The van der Waals surface area contributed by atoms with Crippen LogP contribution in [0, 0.1) is 0 Å². The summed E-state index contributed by atoms with van der Waals surface area (Å²) >= 11 is 6.45. The molecule has 1 aliphatic heterocycles. The van der Waals surface area contributed by atoms with E-state index in [0.717, 1.165) is 36.2 Å². The summed E-state index contributed by atoms with van der Waals surface area (Å²) in [6.07, 6.45) is 0.829. The lowest BCUT2D eigenvalue weighted by atomic mass is 10.3. The lowest BCUT2D eigenvalue weighted by Gasteiger charge is -2.38. The van der Waals surface area contributed by atoms with Gasteiger partial charge in [-0.05, 0) is 49.4 Å². The van der Waals surface area contributed by atoms with E-state index in [-0.39, 0.29) is 12.4 Å². The molecule has 4 nitrogen and oxygen atoms in total. The molecular weight excluding hydrogens is 387 g/mol. The van der Waals surface area contributed by atoms with Crippen molar-refractivity contribution in [2.75, 3.05) is 29.0 Å². The minimum Gasteiger partial charge on any atom is -0.466 e. The average Bonchev–Trinajstić information content (AvgIpc) is 3.07. The number of rotatable bonds is 7. The molecule has 3 rings (SSSR count). The molecule has 1 heterocycles. The highest BCUT2D eigenvalue weighted by molar-refractivity contribution is 8.18. The minimum atomic E-state index is -2.38. The highest BCUT2D eigenvalue weighted by atomic mass is 32.4. The van der Waals surface area contributed by atoms with Crippen LogP contribution in [0.5, 0.6) is 0 Å². The Kier molecular flexibility index (Phi) is 6.93. The van der Waals surface area contributed by atoms with E-state index < -0.39 is 6.34 Å². The van der Waals surface area contributed by atoms with Gasteiger partial charge in [-0.2, -0.15) is 0 Å². The Morgan fingerprint density at radius 1 is 1.00 bits per heavy atom. The Balaban J connectivity index is 2.09. The minimum absolute atomic E-state index is 0.209. The van der Waals surface area contributed by atoms with E-state index in [1.165, 1.54) is 0 Å². The lowest BCUT2D eigenvalue weighted by molar-refractivity contribution is -0.142. The molecular formula is C22H27N2O2PS. The van der Waals surface area contributed by atoms with Gasteiger partial charge in [-0.15, -0.1) is 0 Å². The van der Waals surface area contributed by atoms with Gasteiger partial charge in [0.05, 0.1) is 13.0 Å². The molecule has 1 aliphatic rings. The zero-order chi connectivity index (χ0) is 20.0. The molecule has 28 heavy (non-hydrogen) atoms. The number of anilines is 2. The van der Waals surface area contributed by atoms with Crippen molar-refractivity contribution < 1.29 is 9.53 Å². The third-order valence-electron chi connectivity index (χ3n) is 4.73. The number of ether oxygens (including phenoxy) is 1. The number of nitrogens with zero attached hydrogens (tertiary/aromatic N) is 2. The van der Waals surface area contributed by atoms with E-state index in [2.05, 4.69) is 46.6 Å². The second-order valence-electron chi connectivity index (χ2n) is 6.55. The molecule has 0 aliphatic carbocycles. The number of carbonyl (C=O) groups excluding carboxylic acids is 1. The second kappa shape index (κ2) is 9.40. The summed E-state index contributed by atoms with van der Waals surface area (Å²) in [6, 6.07) is 20.6. The van der Waals surface area contributed by atoms with Gasteiger partial charge < -0.3 is 14.1 Å². The largest absolute Gasteiger partial charge is 0.466 e. The van der Waals surface area contributed by atoms with Crippen LogP contribution in [0.2, 0.25) is 0 Å². The Bertz CT molecular complexity index is 819. The average molecular weight is 415 g/mol. The SMILES string of the molecule is CC/C=C(\CC(=O)OCC)P1(=S)N(c2ccccc2)CCN1c1ccccc1. The van der Waals surface area contributed by atoms with E-state index in [4.69, 9.17) is 16.5 Å². The van der Waals surface area contributed by atoms with E-state index in [0.29, 0.717) is 6.61 Å². The number of esters is 1. The quantitative estimate of drug-likeness (QED) is 0.437. The van der Waals surface area contributed by atoms with Crippen molar-refractivity contribution in [2.24, 2.45) is 0 Å². The highest BCUT2D eigenvalue weighted by Gasteiger charge is 2.42. The molecule has 0 aromatic heterocycles. The first-order valence-electron chi connectivity index (χ1n) is 9.72. The Labute approximate surface area is 172 Å². The molecule has 0 saturated carbocycles. The van der Waals surface area contributed by atoms with Gasteiger partial charge in [0, 0.05) is 29.8 Å². The molecule has 2 aromatic carbocycles. The van der Waals surface area contributed by atoms with Crippen molar-refractivity contribution in [1.29, 1.82) is 0 Å². The van der Waals surface area contributed by atoms with Gasteiger partial charge in [-0.1, -0.05) is 49.4 Å². The van der Waals surface area contributed by atoms with Crippen molar-refractivity contribution in [3.63, 3.8) is 0 Å². The molecule has 1 saturated heterocycles. The zero-order valence-corrected chi connectivity index (χ0v) is 18.2. The van der Waals surface area contributed by atoms with Crippen LogP contribution in [0.1, 0.15) is 26.7 Å². The fourth-order valence-electron chi connectivity index (χ4n) is 3.56. The molecule has 0 spiro atoms. The molecule has 148 valence electrons. The van der Waals surface area contributed by atoms with Gasteiger partial charge in [0.25, 0.3) is 0 Å². The van der Waals surface area contributed by atoms with Crippen LogP contribution in [0.15, 0.2) is 72.1 Å². The van der Waals surface area contributed by atoms with Gasteiger partial charge in [0.1, 0.15) is 6.34 Å². The van der Waals surface area contributed by atoms with E-state index in [9.17, 15) is 4.79 Å². The number of hydrogen-bond acceptors (Lipinski definition) is 3. The third kappa shape index (κ3) is 4.16. The summed E-state index contributed by atoms with van der Waals surface area (Å²) in [7, 11) is 0. The van der Waals surface area contributed by atoms with E-state index in [1.807, 2.05) is 43.3 Å². The molecule has 0 unspecified atom stereocenters. The van der Waals surface area contributed by atoms with Gasteiger partial charge in [0.15, 0.2) is 0 Å². The van der Waals surface area contributed by atoms with Crippen LogP contribution in [-0.2, 0) is 21.3 Å². The first-order chi connectivity index (χ1) is 13.6. The molecule has 0 bridgehead atoms. The van der Waals surface area contributed by atoms with Crippen molar-refractivity contribution in [3.8, 4) is 0 Å². The fraction of sp³-hybridized carbons (Fsp3) is 0.318. The molecule has 0 radical (unpaired) electrons. The van der Waals surface area contributed by atoms with Gasteiger partial charge in [0.2, 0.25) is 0 Å². The summed E-state index contributed by atoms with van der Waals surface area (Å²) in [5.74, 6) is -0.209. The predicted octanol–water partition coefficient (Wildman–Crippen LogP) is 5.57. The predicted molar refractivity (Wildman–Crippen MR) is 121 cm³/mol. The smallest absolute Gasteiger partial charge is 0.310 e. The maximum Gasteiger partial charge on any atom is 0.310 e. The Hall–Kier alpha value is -2.10. The Morgan fingerprint density at radius 3 is 1.93 bits per heavy atom. The van der Waals surface area contributed by atoms with Crippen LogP contribution in [0.25, 0.3) is 0 Å². The summed E-state index contributed by atoms with van der Waals surface area (Å²) in [6.45, 7) is 5.97. The highest BCUT2D eigenvalue weighted by Crippen LogP contribution is 2.66. The van der Waals surface area contributed by atoms with Crippen molar-refractivity contribution in [1.82, 2.24) is 0 Å².